The van der Waals surface area contributed by atoms with Gasteiger partial charge in [-0.05, 0) is 43.0 Å². The summed E-state index contributed by atoms with van der Waals surface area (Å²) in [6, 6.07) is 6.26. The van der Waals surface area contributed by atoms with Crippen molar-refractivity contribution < 1.29 is 33.7 Å². The summed E-state index contributed by atoms with van der Waals surface area (Å²) in [5, 5.41) is 9.10. The van der Waals surface area contributed by atoms with Crippen LogP contribution in [0.5, 0.6) is 5.75 Å². The summed E-state index contributed by atoms with van der Waals surface area (Å²) < 4.78 is 14.9. The fourth-order valence-electron chi connectivity index (χ4n) is 3.66. The Morgan fingerprint density at radius 1 is 1.23 bits per heavy atom. The lowest BCUT2D eigenvalue weighted by Crippen LogP contribution is -2.50. The van der Waals surface area contributed by atoms with E-state index in [9.17, 15) is 14.4 Å². The van der Waals surface area contributed by atoms with Gasteiger partial charge >= 0.3 is 17.9 Å². The van der Waals surface area contributed by atoms with Gasteiger partial charge < -0.3 is 25.1 Å². The van der Waals surface area contributed by atoms with Crippen molar-refractivity contribution >= 4 is 30.3 Å². The first-order chi connectivity index (χ1) is 11.9. The van der Waals surface area contributed by atoms with Crippen molar-refractivity contribution in [3.05, 3.63) is 29.8 Å². The van der Waals surface area contributed by atoms with E-state index in [0.29, 0.717) is 18.6 Å². The molecule has 0 aliphatic heterocycles. The minimum Gasteiger partial charge on any atom is -0.497 e. The van der Waals surface area contributed by atoms with Crippen molar-refractivity contribution in [2.45, 2.75) is 18.4 Å². The number of methoxy groups -OCH3 is 1. The predicted molar refractivity (Wildman–Crippen MR) is 90.9 cm³/mol. The third-order valence-electron chi connectivity index (χ3n) is 5.03. The van der Waals surface area contributed by atoms with Gasteiger partial charge in [0.15, 0.2) is 0 Å². The number of nitrogens with two attached hydrogens (primary N) is 1. The maximum atomic E-state index is 12.2. The first kappa shape index (κ1) is 20.0. The summed E-state index contributed by atoms with van der Waals surface area (Å²) in [6.45, 7) is -0.572. The van der Waals surface area contributed by atoms with Crippen LogP contribution in [0.4, 0.5) is 0 Å². The molecule has 4 atom stereocenters. The van der Waals surface area contributed by atoms with Crippen LogP contribution in [0.2, 0.25) is 0 Å². The molecule has 0 aromatic heterocycles. The average molecular weight is 386 g/mol. The van der Waals surface area contributed by atoms with E-state index in [2.05, 4.69) is 0 Å². The number of hydrogen-bond donors (Lipinski definition) is 2. The van der Waals surface area contributed by atoms with E-state index in [1.807, 2.05) is 0 Å². The Kier molecular flexibility index (Phi) is 5.77. The van der Waals surface area contributed by atoms with Crippen LogP contribution in [-0.4, -0.2) is 42.5 Å². The minimum atomic E-state index is -1.32. The van der Waals surface area contributed by atoms with E-state index in [-0.39, 0.29) is 23.9 Å². The van der Waals surface area contributed by atoms with Gasteiger partial charge in [-0.25, -0.2) is 9.59 Å². The van der Waals surface area contributed by atoms with Gasteiger partial charge in [-0.15, -0.1) is 12.4 Å². The molecule has 0 amide bonds. The van der Waals surface area contributed by atoms with Crippen LogP contribution in [0.1, 0.15) is 23.2 Å². The monoisotopic (exact) mass is 385 g/mol. The smallest absolute Gasteiger partial charge is 0.341 e. The second-order valence-corrected chi connectivity index (χ2v) is 6.34. The molecule has 0 heterocycles. The van der Waals surface area contributed by atoms with Gasteiger partial charge in [0, 0.05) is 5.92 Å². The zero-order chi connectivity index (χ0) is 18.2. The number of carboxylic acids is 1. The number of ether oxygens (including phenoxy) is 3. The largest absolute Gasteiger partial charge is 0.497 e. The third kappa shape index (κ3) is 3.47. The fraction of sp³-hybridized carbons (Fsp3) is 0.471. The number of carbonyl (C=O) groups excluding carboxylic acids is 2. The lowest BCUT2D eigenvalue weighted by Gasteiger charge is -2.24. The van der Waals surface area contributed by atoms with Gasteiger partial charge in [-0.2, -0.15) is 0 Å². The second-order valence-electron chi connectivity index (χ2n) is 6.34. The molecule has 0 unspecified atom stereocenters. The first-order valence-electron chi connectivity index (χ1n) is 7.88. The number of aliphatic carboxylic acids is 1. The first-order valence-corrected chi connectivity index (χ1v) is 7.88. The number of halogens is 1. The Bertz CT molecular complexity index is 708. The Hall–Kier alpha value is -2.32. The molecule has 0 bridgehead atoms. The van der Waals surface area contributed by atoms with Crippen molar-refractivity contribution in [2.24, 2.45) is 23.5 Å². The molecule has 9 heteroatoms. The van der Waals surface area contributed by atoms with Crippen LogP contribution in [0.15, 0.2) is 24.3 Å². The van der Waals surface area contributed by atoms with E-state index in [0.717, 1.165) is 0 Å². The number of carbonyl (C=O) groups is 3. The number of hydrogen-bond acceptors (Lipinski definition) is 7. The average Bonchev–Trinajstić information content (AvgIpc) is 3.26. The summed E-state index contributed by atoms with van der Waals surface area (Å²) in [5.41, 5.74) is 5.05. The van der Waals surface area contributed by atoms with Gasteiger partial charge in [0.1, 0.15) is 11.3 Å². The molecule has 2 saturated carbocycles. The molecule has 0 saturated heterocycles. The van der Waals surface area contributed by atoms with Gasteiger partial charge in [0.2, 0.25) is 6.79 Å². The molecule has 0 radical (unpaired) electrons. The van der Waals surface area contributed by atoms with Crippen LogP contribution >= 0.6 is 12.4 Å². The molecule has 142 valence electrons. The van der Waals surface area contributed by atoms with Gasteiger partial charge in [0.05, 0.1) is 18.6 Å². The Morgan fingerprint density at radius 2 is 1.88 bits per heavy atom. The quantitative estimate of drug-likeness (QED) is 0.553. The number of fused-ring (bicyclic) bond motifs is 1. The molecule has 1 aromatic carbocycles. The van der Waals surface area contributed by atoms with Crippen molar-refractivity contribution in [1.82, 2.24) is 0 Å². The predicted octanol–water partition coefficient (Wildman–Crippen LogP) is 1.21. The second kappa shape index (κ2) is 7.51. The molecule has 3 rings (SSSR count). The topological polar surface area (TPSA) is 125 Å². The molecule has 0 spiro atoms. The van der Waals surface area contributed by atoms with Gasteiger partial charge in [-0.1, -0.05) is 0 Å². The van der Waals surface area contributed by atoms with Gasteiger partial charge in [-0.3, -0.25) is 4.79 Å². The lowest BCUT2D eigenvalue weighted by atomic mass is 9.92. The van der Waals surface area contributed by atoms with Crippen LogP contribution in [0.25, 0.3) is 0 Å². The summed E-state index contributed by atoms with van der Waals surface area (Å²) >= 11 is 0. The van der Waals surface area contributed by atoms with Crippen molar-refractivity contribution in [2.75, 3.05) is 13.9 Å². The van der Waals surface area contributed by atoms with Crippen LogP contribution < -0.4 is 10.5 Å². The molecular weight excluding hydrogens is 366 g/mol. The molecule has 2 aliphatic carbocycles. The maximum Gasteiger partial charge on any atom is 0.341 e. The van der Waals surface area contributed by atoms with Crippen molar-refractivity contribution in [1.29, 1.82) is 0 Å². The Labute approximate surface area is 156 Å². The molecular formula is C17H20ClNO7. The SMILES string of the molecule is COc1ccc(C(=O)OCOC(=O)[C@]2(N)CC[C@H]3[C@H](C(=O)O)[C@H]32)cc1.Cl. The maximum absolute atomic E-state index is 12.2. The summed E-state index contributed by atoms with van der Waals surface area (Å²) in [5.74, 6) is -2.80. The zero-order valence-corrected chi connectivity index (χ0v) is 14.9. The molecule has 8 nitrogen and oxygen atoms in total. The highest BCUT2D eigenvalue weighted by molar-refractivity contribution is 5.90. The Balaban J connectivity index is 0.00000243. The normalized spacial score (nSPS) is 28.3. The van der Waals surface area contributed by atoms with Crippen LogP contribution in [0.3, 0.4) is 0 Å². The van der Waals surface area contributed by atoms with Gasteiger partial charge in [0.25, 0.3) is 0 Å². The number of carboxylic acid groups (broad SMARTS) is 1. The van der Waals surface area contributed by atoms with Crippen LogP contribution in [-0.2, 0) is 19.1 Å². The lowest BCUT2D eigenvalue weighted by molar-refractivity contribution is -0.160. The molecule has 2 fully saturated rings. The van der Waals surface area contributed by atoms with E-state index < -0.39 is 42.1 Å². The highest BCUT2D eigenvalue weighted by Gasteiger charge is 2.70. The number of rotatable bonds is 6. The van der Waals surface area contributed by atoms with Crippen molar-refractivity contribution in [3.63, 3.8) is 0 Å². The highest BCUT2D eigenvalue weighted by Crippen LogP contribution is 2.61. The summed E-state index contributed by atoms with van der Waals surface area (Å²) in [4.78, 5) is 35.2. The van der Waals surface area contributed by atoms with E-state index in [1.165, 1.54) is 19.2 Å². The molecule has 26 heavy (non-hydrogen) atoms. The molecule has 3 N–H and O–H groups in total. The van der Waals surface area contributed by atoms with Crippen molar-refractivity contribution in [3.8, 4) is 5.75 Å². The number of benzene rings is 1. The standard InChI is InChI=1S/C17H19NO7.ClH/c1-23-10-4-2-9(3-5-10)15(21)24-8-25-16(22)17(18)7-6-11-12(13(11)17)14(19)20;/h2-5,11-13H,6-8,18H2,1H3,(H,19,20);1H/t11-,12-,13-,17-;/m0./s1. The van der Waals surface area contributed by atoms with E-state index in [4.69, 9.17) is 25.1 Å². The molecule has 1 aromatic rings. The zero-order valence-electron chi connectivity index (χ0n) is 14.0. The summed E-state index contributed by atoms with van der Waals surface area (Å²) in [6.07, 6.45) is 0.955. The molecule has 2 aliphatic rings. The highest BCUT2D eigenvalue weighted by atomic mass is 35.5. The minimum absolute atomic E-state index is 0. The fourth-order valence-corrected chi connectivity index (χ4v) is 3.66. The van der Waals surface area contributed by atoms with E-state index >= 15 is 0 Å². The number of esters is 2. The van der Waals surface area contributed by atoms with E-state index in [1.54, 1.807) is 12.1 Å². The third-order valence-corrected chi connectivity index (χ3v) is 5.03. The van der Waals surface area contributed by atoms with Crippen LogP contribution in [0, 0.1) is 17.8 Å². The Morgan fingerprint density at radius 3 is 2.42 bits per heavy atom. The summed E-state index contributed by atoms with van der Waals surface area (Å²) in [7, 11) is 1.51.